The molecule has 2 heterocycles. The number of hydrogen-bond donors (Lipinski definition) is 1. The molecule has 3 rings (SSSR count). The summed E-state index contributed by atoms with van der Waals surface area (Å²) in [5, 5.41) is 18.5. The van der Waals surface area contributed by atoms with E-state index in [1.807, 2.05) is 37.3 Å². The quantitative estimate of drug-likeness (QED) is 0.224. The number of carbonyl (C=O) groups excluding carboxylic acids is 1. The van der Waals surface area contributed by atoms with Crippen LogP contribution in [0.1, 0.15) is 61.8 Å². The van der Waals surface area contributed by atoms with Gasteiger partial charge in [0, 0.05) is 5.56 Å². The molecule has 8 nitrogen and oxygen atoms in total. The highest BCUT2D eigenvalue weighted by molar-refractivity contribution is 5.53. The Balaban J connectivity index is 1.73. The zero-order valence-electron chi connectivity index (χ0n) is 16.7. The van der Waals surface area contributed by atoms with Gasteiger partial charge in [0.05, 0.1) is 24.6 Å². The van der Waals surface area contributed by atoms with Crippen LogP contribution in [0.25, 0.3) is 11.5 Å². The molecule has 1 atom stereocenters. The Hall–Kier alpha value is -3.00. The van der Waals surface area contributed by atoms with Crippen molar-refractivity contribution in [3.63, 3.8) is 0 Å². The lowest BCUT2D eigenvalue weighted by Crippen LogP contribution is -2.24. The number of aromatic nitrogens is 3. The van der Waals surface area contributed by atoms with Crippen molar-refractivity contribution in [2.24, 2.45) is 0 Å². The summed E-state index contributed by atoms with van der Waals surface area (Å²) in [6.45, 7) is 4.09. The fourth-order valence-corrected chi connectivity index (χ4v) is 3.14. The zero-order valence-corrected chi connectivity index (χ0v) is 16.7. The summed E-state index contributed by atoms with van der Waals surface area (Å²) >= 11 is 0. The first kappa shape index (κ1) is 20.7. The number of unbranched alkanes of at least 4 members (excludes halogenated alkanes) is 2. The Kier molecular flexibility index (Phi) is 7.13. The van der Waals surface area contributed by atoms with E-state index in [0.29, 0.717) is 41.3 Å². The highest BCUT2D eigenvalue weighted by atomic mass is 16.5. The number of aryl methyl sites for hydroxylation is 1. The highest BCUT2D eigenvalue weighted by Gasteiger charge is 2.22. The standard InChI is InChI=1S/C21H26N4O4/c1-3-4-6-11-17(13-25(27)14-26)21-24-23-19(29-21)12-18-15(2)28-20(22-18)16-9-7-5-8-10-16/h5,7-10,14,17,27H,3-4,6,11-13H2,1-2H3. The van der Waals surface area contributed by atoms with Crippen LogP contribution in [0.15, 0.2) is 39.2 Å². The minimum absolute atomic E-state index is 0.121. The zero-order chi connectivity index (χ0) is 20.6. The molecule has 29 heavy (non-hydrogen) atoms. The molecule has 0 saturated carbocycles. The summed E-state index contributed by atoms with van der Waals surface area (Å²) in [5.41, 5.74) is 1.64. The minimum Gasteiger partial charge on any atom is -0.441 e. The third-order valence-corrected chi connectivity index (χ3v) is 4.75. The Morgan fingerprint density at radius 1 is 1.17 bits per heavy atom. The molecule has 0 spiro atoms. The van der Waals surface area contributed by atoms with Crippen LogP contribution < -0.4 is 0 Å². The molecule has 1 N–H and O–H groups in total. The summed E-state index contributed by atoms with van der Waals surface area (Å²) in [6.07, 6.45) is 4.58. The predicted molar refractivity (Wildman–Crippen MR) is 105 cm³/mol. The summed E-state index contributed by atoms with van der Waals surface area (Å²) in [7, 11) is 0. The maximum absolute atomic E-state index is 10.8. The second-order valence-electron chi connectivity index (χ2n) is 7.02. The molecule has 1 aromatic carbocycles. The smallest absolute Gasteiger partial charge is 0.233 e. The van der Waals surface area contributed by atoms with Crippen LogP contribution >= 0.6 is 0 Å². The molecule has 0 aliphatic rings. The van der Waals surface area contributed by atoms with Crippen molar-refractivity contribution in [3.8, 4) is 11.5 Å². The molecule has 0 aliphatic carbocycles. The molecular formula is C21H26N4O4. The van der Waals surface area contributed by atoms with Gasteiger partial charge in [0.25, 0.3) is 0 Å². The monoisotopic (exact) mass is 398 g/mol. The average Bonchev–Trinajstić information content (AvgIpc) is 3.35. The topological polar surface area (TPSA) is 105 Å². The van der Waals surface area contributed by atoms with Gasteiger partial charge in [-0.25, -0.2) is 10.0 Å². The van der Waals surface area contributed by atoms with Crippen LogP contribution in [0.5, 0.6) is 0 Å². The molecule has 1 unspecified atom stereocenters. The maximum atomic E-state index is 10.8. The molecule has 3 aromatic rings. The Morgan fingerprint density at radius 2 is 1.97 bits per heavy atom. The summed E-state index contributed by atoms with van der Waals surface area (Å²) in [6, 6.07) is 9.68. The van der Waals surface area contributed by atoms with E-state index in [1.165, 1.54) is 0 Å². The first-order chi connectivity index (χ1) is 14.1. The number of benzene rings is 1. The highest BCUT2D eigenvalue weighted by Crippen LogP contribution is 2.25. The fourth-order valence-electron chi connectivity index (χ4n) is 3.14. The molecule has 0 saturated heterocycles. The van der Waals surface area contributed by atoms with Crippen molar-refractivity contribution >= 4 is 6.41 Å². The van der Waals surface area contributed by atoms with Crippen molar-refractivity contribution in [3.05, 3.63) is 53.6 Å². The number of nitrogens with zero attached hydrogens (tertiary/aromatic N) is 4. The molecule has 154 valence electrons. The second kappa shape index (κ2) is 9.97. The van der Waals surface area contributed by atoms with E-state index in [2.05, 4.69) is 22.1 Å². The molecule has 0 fully saturated rings. The van der Waals surface area contributed by atoms with E-state index in [1.54, 1.807) is 0 Å². The van der Waals surface area contributed by atoms with Crippen LogP contribution in [0, 0.1) is 6.92 Å². The Bertz CT molecular complexity index is 907. The van der Waals surface area contributed by atoms with Gasteiger partial charge in [-0.1, -0.05) is 44.4 Å². The number of rotatable bonds is 11. The number of carbonyl (C=O) groups is 1. The van der Waals surface area contributed by atoms with Crippen molar-refractivity contribution in [2.45, 2.75) is 51.9 Å². The normalized spacial score (nSPS) is 12.1. The molecule has 0 radical (unpaired) electrons. The number of amides is 1. The first-order valence-electron chi connectivity index (χ1n) is 9.85. The van der Waals surface area contributed by atoms with E-state index in [4.69, 9.17) is 8.83 Å². The molecular weight excluding hydrogens is 372 g/mol. The van der Waals surface area contributed by atoms with Gasteiger partial charge in [-0.2, -0.15) is 0 Å². The van der Waals surface area contributed by atoms with Gasteiger partial charge in [0.15, 0.2) is 0 Å². The number of hydrogen-bond acceptors (Lipinski definition) is 7. The van der Waals surface area contributed by atoms with Crippen LogP contribution in [0.3, 0.4) is 0 Å². The molecule has 8 heteroatoms. The Morgan fingerprint density at radius 3 is 2.69 bits per heavy atom. The van der Waals surface area contributed by atoms with Gasteiger partial charge >= 0.3 is 0 Å². The molecule has 0 aliphatic heterocycles. The minimum atomic E-state index is -0.212. The third-order valence-electron chi connectivity index (χ3n) is 4.75. The van der Waals surface area contributed by atoms with Crippen LogP contribution in [0.4, 0.5) is 0 Å². The third kappa shape index (κ3) is 5.51. The lowest BCUT2D eigenvalue weighted by atomic mass is 10.0. The van der Waals surface area contributed by atoms with Crippen LogP contribution in [-0.4, -0.2) is 38.4 Å². The largest absolute Gasteiger partial charge is 0.441 e. The lowest BCUT2D eigenvalue weighted by molar-refractivity contribution is -0.151. The van der Waals surface area contributed by atoms with Crippen molar-refractivity contribution in [2.75, 3.05) is 6.54 Å². The van der Waals surface area contributed by atoms with Gasteiger partial charge in [-0.05, 0) is 25.5 Å². The van der Waals surface area contributed by atoms with Gasteiger partial charge in [0.2, 0.25) is 24.1 Å². The van der Waals surface area contributed by atoms with Gasteiger partial charge in [-0.15, -0.1) is 10.2 Å². The number of hydroxylamine groups is 2. The van der Waals surface area contributed by atoms with E-state index < -0.39 is 0 Å². The summed E-state index contributed by atoms with van der Waals surface area (Å²) in [5.74, 6) is 1.88. The van der Waals surface area contributed by atoms with Crippen LogP contribution in [-0.2, 0) is 11.2 Å². The lowest BCUT2D eigenvalue weighted by Gasteiger charge is -2.16. The average molecular weight is 398 g/mol. The van der Waals surface area contributed by atoms with Crippen LogP contribution in [0.2, 0.25) is 0 Å². The van der Waals surface area contributed by atoms with E-state index in [0.717, 1.165) is 36.9 Å². The summed E-state index contributed by atoms with van der Waals surface area (Å²) < 4.78 is 11.6. The van der Waals surface area contributed by atoms with E-state index in [9.17, 15) is 10.0 Å². The Labute approximate surface area is 169 Å². The first-order valence-corrected chi connectivity index (χ1v) is 9.85. The molecule has 2 aromatic heterocycles. The molecule has 0 bridgehead atoms. The fraction of sp³-hybridized carbons (Fsp3) is 0.429. The van der Waals surface area contributed by atoms with E-state index >= 15 is 0 Å². The van der Waals surface area contributed by atoms with Gasteiger partial charge in [-0.3, -0.25) is 10.0 Å². The van der Waals surface area contributed by atoms with Crippen molar-refractivity contribution in [1.82, 2.24) is 20.2 Å². The molecule has 1 amide bonds. The predicted octanol–water partition coefficient (Wildman–Crippen LogP) is 4.14. The van der Waals surface area contributed by atoms with Gasteiger partial charge < -0.3 is 8.83 Å². The van der Waals surface area contributed by atoms with Crippen molar-refractivity contribution < 1.29 is 18.8 Å². The van der Waals surface area contributed by atoms with Gasteiger partial charge in [0.1, 0.15) is 5.76 Å². The maximum Gasteiger partial charge on any atom is 0.233 e. The second-order valence-corrected chi connectivity index (χ2v) is 7.02. The number of oxazole rings is 1. The summed E-state index contributed by atoms with van der Waals surface area (Å²) in [4.78, 5) is 15.4. The van der Waals surface area contributed by atoms with E-state index in [-0.39, 0.29) is 12.5 Å². The SMILES string of the molecule is CCCCCC(CN(O)C=O)c1nnc(Cc2nc(-c3ccccc3)oc2C)o1. The van der Waals surface area contributed by atoms with Crippen molar-refractivity contribution in [1.29, 1.82) is 0 Å².